The van der Waals surface area contributed by atoms with Crippen molar-refractivity contribution < 1.29 is 0 Å². The van der Waals surface area contributed by atoms with Crippen molar-refractivity contribution in [1.29, 1.82) is 0 Å². The molecule has 12 heavy (non-hydrogen) atoms. The van der Waals surface area contributed by atoms with Crippen LogP contribution in [0.4, 0.5) is 0 Å². The zero-order valence-corrected chi connectivity index (χ0v) is 8.07. The molecule has 0 spiro atoms. The van der Waals surface area contributed by atoms with Crippen LogP contribution < -0.4 is 5.56 Å². The van der Waals surface area contributed by atoms with Crippen LogP contribution in [0.3, 0.4) is 0 Å². The molecule has 1 aromatic heterocycles. The van der Waals surface area contributed by atoms with Gasteiger partial charge in [0.1, 0.15) is 0 Å². The van der Waals surface area contributed by atoms with Gasteiger partial charge >= 0.3 is 0 Å². The number of rotatable bonds is 0. The summed E-state index contributed by atoms with van der Waals surface area (Å²) < 4.78 is 0. The van der Waals surface area contributed by atoms with Gasteiger partial charge in [0, 0.05) is 11.8 Å². The normalized spacial score (nSPS) is 11.7. The van der Waals surface area contributed by atoms with Crippen molar-refractivity contribution in [2.24, 2.45) is 0 Å². The van der Waals surface area contributed by atoms with E-state index in [1.807, 2.05) is 20.8 Å². The molecule has 66 valence electrons. The Balaban J connectivity index is 3.29. The molecule has 1 N–H and O–H groups in total. The fourth-order valence-electron chi connectivity index (χ4n) is 0.907. The van der Waals surface area contributed by atoms with Crippen molar-refractivity contribution in [2.45, 2.75) is 26.2 Å². The maximum atomic E-state index is 11.3. The minimum absolute atomic E-state index is 0.132. The highest BCUT2D eigenvalue weighted by atomic mass is 35.5. The number of hydrogen-bond acceptors (Lipinski definition) is 2. The first-order valence-electron chi connectivity index (χ1n) is 3.66. The number of H-pyrrole nitrogens is 1. The Morgan fingerprint density at radius 3 is 2.50 bits per heavy atom. The van der Waals surface area contributed by atoms with E-state index in [2.05, 4.69) is 9.97 Å². The van der Waals surface area contributed by atoms with Gasteiger partial charge in [0.15, 0.2) is 0 Å². The van der Waals surface area contributed by atoms with Crippen LogP contribution in [-0.4, -0.2) is 9.97 Å². The van der Waals surface area contributed by atoms with E-state index >= 15 is 0 Å². The summed E-state index contributed by atoms with van der Waals surface area (Å²) >= 11 is 5.50. The molecule has 0 fully saturated rings. The lowest BCUT2D eigenvalue weighted by Gasteiger charge is -2.16. The molecule has 0 saturated heterocycles. The van der Waals surface area contributed by atoms with Gasteiger partial charge in [0.2, 0.25) is 5.28 Å². The first-order chi connectivity index (χ1) is 5.41. The van der Waals surface area contributed by atoms with Gasteiger partial charge in [-0.1, -0.05) is 20.8 Å². The van der Waals surface area contributed by atoms with Crippen molar-refractivity contribution >= 4 is 11.6 Å². The Bertz CT molecular complexity index is 338. The largest absolute Gasteiger partial charge is 0.297 e. The topological polar surface area (TPSA) is 45.8 Å². The molecule has 0 amide bonds. The maximum Gasteiger partial charge on any atom is 0.255 e. The maximum absolute atomic E-state index is 11.3. The number of aromatic amines is 1. The minimum atomic E-state index is -0.189. The number of aromatic nitrogens is 2. The standard InChI is InChI=1S/C8H11ClN2O/c1-8(2,3)5-4-10-7(9)11-6(5)12/h4H,1-3H3,(H,10,11,12). The molecule has 0 aliphatic heterocycles. The van der Waals surface area contributed by atoms with Gasteiger partial charge < -0.3 is 0 Å². The Morgan fingerprint density at radius 1 is 1.50 bits per heavy atom. The van der Waals surface area contributed by atoms with Crippen LogP contribution in [0.5, 0.6) is 0 Å². The quantitative estimate of drug-likeness (QED) is 0.628. The van der Waals surface area contributed by atoms with Gasteiger partial charge in [-0.25, -0.2) is 4.98 Å². The van der Waals surface area contributed by atoms with E-state index < -0.39 is 0 Å². The molecule has 1 aromatic rings. The average Bonchev–Trinajstić information content (AvgIpc) is 1.83. The van der Waals surface area contributed by atoms with Crippen molar-refractivity contribution in [3.63, 3.8) is 0 Å². The molecule has 0 radical (unpaired) electrons. The van der Waals surface area contributed by atoms with Crippen LogP contribution in [-0.2, 0) is 5.41 Å². The number of hydrogen-bond donors (Lipinski definition) is 1. The monoisotopic (exact) mass is 186 g/mol. The molecular weight excluding hydrogens is 176 g/mol. The van der Waals surface area contributed by atoms with Gasteiger partial charge in [-0.3, -0.25) is 9.78 Å². The summed E-state index contributed by atoms with van der Waals surface area (Å²) in [6.07, 6.45) is 1.52. The summed E-state index contributed by atoms with van der Waals surface area (Å²) in [5, 5.41) is 0.132. The lowest BCUT2D eigenvalue weighted by molar-refractivity contribution is 0.577. The molecular formula is C8H11ClN2O. The van der Waals surface area contributed by atoms with Crippen LogP contribution in [0.15, 0.2) is 11.0 Å². The number of nitrogens with zero attached hydrogens (tertiary/aromatic N) is 1. The van der Waals surface area contributed by atoms with Gasteiger partial charge in [-0.15, -0.1) is 0 Å². The van der Waals surface area contributed by atoms with Crippen molar-refractivity contribution in [1.82, 2.24) is 9.97 Å². The molecule has 3 nitrogen and oxygen atoms in total. The van der Waals surface area contributed by atoms with Crippen LogP contribution in [0.25, 0.3) is 0 Å². The van der Waals surface area contributed by atoms with Gasteiger partial charge in [-0.05, 0) is 17.0 Å². The lowest BCUT2D eigenvalue weighted by atomic mass is 9.89. The number of nitrogens with one attached hydrogen (secondary N) is 1. The van der Waals surface area contributed by atoms with Gasteiger partial charge in [0.05, 0.1) is 0 Å². The average molecular weight is 187 g/mol. The zero-order chi connectivity index (χ0) is 9.35. The van der Waals surface area contributed by atoms with Crippen molar-refractivity contribution in [3.05, 3.63) is 27.4 Å². The molecule has 1 rings (SSSR count). The van der Waals surface area contributed by atoms with Crippen LogP contribution >= 0.6 is 11.6 Å². The van der Waals surface area contributed by atoms with E-state index in [9.17, 15) is 4.79 Å². The minimum Gasteiger partial charge on any atom is -0.297 e. The van der Waals surface area contributed by atoms with E-state index in [1.54, 1.807) is 0 Å². The van der Waals surface area contributed by atoms with Crippen LogP contribution in [0, 0.1) is 0 Å². The summed E-state index contributed by atoms with van der Waals surface area (Å²) in [6, 6.07) is 0. The van der Waals surface area contributed by atoms with Crippen molar-refractivity contribution in [2.75, 3.05) is 0 Å². The number of halogens is 1. The SMILES string of the molecule is CC(C)(C)c1cnc(Cl)[nH]c1=O. The second-order valence-corrected chi connectivity index (χ2v) is 4.02. The molecule has 0 atom stereocenters. The molecule has 0 aliphatic rings. The van der Waals surface area contributed by atoms with Gasteiger partial charge in [-0.2, -0.15) is 0 Å². The highest BCUT2D eigenvalue weighted by Gasteiger charge is 2.17. The zero-order valence-electron chi connectivity index (χ0n) is 7.31. The highest BCUT2D eigenvalue weighted by Crippen LogP contribution is 2.17. The Hall–Kier alpha value is -0.830. The second-order valence-electron chi connectivity index (χ2n) is 3.67. The fourth-order valence-corrected chi connectivity index (χ4v) is 1.04. The molecule has 4 heteroatoms. The highest BCUT2D eigenvalue weighted by molar-refractivity contribution is 6.28. The molecule has 0 unspecified atom stereocenters. The Morgan fingerprint density at radius 2 is 2.08 bits per heavy atom. The van der Waals surface area contributed by atoms with Crippen LogP contribution in [0.1, 0.15) is 26.3 Å². The van der Waals surface area contributed by atoms with Crippen molar-refractivity contribution in [3.8, 4) is 0 Å². The molecule has 0 aromatic carbocycles. The molecule has 0 bridgehead atoms. The first-order valence-corrected chi connectivity index (χ1v) is 4.04. The predicted molar refractivity (Wildman–Crippen MR) is 48.6 cm³/mol. The lowest BCUT2D eigenvalue weighted by Crippen LogP contribution is -2.24. The smallest absolute Gasteiger partial charge is 0.255 e. The van der Waals surface area contributed by atoms with E-state index in [0.29, 0.717) is 5.56 Å². The molecule has 0 aliphatic carbocycles. The molecule has 0 saturated carbocycles. The first kappa shape index (κ1) is 9.26. The fraction of sp³-hybridized carbons (Fsp3) is 0.500. The second kappa shape index (κ2) is 2.90. The third kappa shape index (κ3) is 1.85. The third-order valence-electron chi connectivity index (χ3n) is 1.58. The summed E-state index contributed by atoms with van der Waals surface area (Å²) in [5.74, 6) is 0. The summed E-state index contributed by atoms with van der Waals surface area (Å²) in [7, 11) is 0. The summed E-state index contributed by atoms with van der Waals surface area (Å²) in [4.78, 5) is 17.6. The van der Waals surface area contributed by atoms with E-state index in [0.717, 1.165) is 0 Å². The van der Waals surface area contributed by atoms with E-state index in [-0.39, 0.29) is 16.3 Å². The van der Waals surface area contributed by atoms with E-state index in [1.165, 1.54) is 6.20 Å². The van der Waals surface area contributed by atoms with E-state index in [4.69, 9.17) is 11.6 Å². The third-order valence-corrected chi connectivity index (χ3v) is 1.77. The van der Waals surface area contributed by atoms with Gasteiger partial charge in [0.25, 0.3) is 5.56 Å². The predicted octanol–water partition coefficient (Wildman–Crippen LogP) is 1.72. The summed E-state index contributed by atoms with van der Waals surface area (Å²) in [5.41, 5.74) is 0.292. The van der Waals surface area contributed by atoms with Crippen LogP contribution in [0.2, 0.25) is 5.28 Å². The Kier molecular flexibility index (Phi) is 2.24. The molecule has 1 heterocycles. The summed E-state index contributed by atoms with van der Waals surface area (Å²) in [6.45, 7) is 5.85. The Labute approximate surface area is 75.8 Å².